The van der Waals surface area contributed by atoms with Crippen molar-refractivity contribution >= 4 is 5.69 Å². The van der Waals surface area contributed by atoms with Gasteiger partial charge in [-0.2, -0.15) is 0 Å². The van der Waals surface area contributed by atoms with Crippen LogP contribution in [0.2, 0.25) is 0 Å². The molecule has 4 heteroatoms. The summed E-state index contributed by atoms with van der Waals surface area (Å²) in [5, 5.41) is 9.36. The molecule has 1 aromatic carbocycles. The number of rotatable bonds is 2. The van der Waals surface area contributed by atoms with Gasteiger partial charge in [0.1, 0.15) is 5.82 Å². The summed E-state index contributed by atoms with van der Waals surface area (Å²) in [5.74, 6) is -0.320. The van der Waals surface area contributed by atoms with E-state index in [4.69, 9.17) is 0 Å². The molecule has 2 rings (SSSR count). The number of anilines is 1. The van der Waals surface area contributed by atoms with E-state index in [-0.39, 0.29) is 12.4 Å². The van der Waals surface area contributed by atoms with Crippen molar-refractivity contribution in [2.24, 2.45) is 0 Å². The number of halogens is 1. The lowest BCUT2D eigenvalue weighted by atomic mass is 10.1. The van der Waals surface area contributed by atoms with Crippen molar-refractivity contribution < 1.29 is 9.50 Å². The number of hydrogen-bond donors (Lipinski definition) is 1. The Bertz CT molecular complexity index is 411. The molecule has 1 N–H and O–H groups in total. The fourth-order valence-electron chi connectivity index (χ4n) is 2.70. The van der Waals surface area contributed by atoms with E-state index in [1.807, 2.05) is 6.07 Å². The molecule has 0 spiro atoms. The maximum Gasteiger partial charge on any atom is 0.130 e. The third-order valence-corrected chi connectivity index (χ3v) is 3.61. The highest BCUT2D eigenvalue weighted by atomic mass is 19.1. The van der Waals surface area contributed by atoms with E-state index in [9.17, 15) is 9.50 Å². The van der Waals surface area contributed by atoms with Crippen molar-refractivity contribution in [3.63, 3.8) is 0 Å². The summed E-state index contributed by atoms with van der Waals surface area (Å²) in [5.41, 5.74) is 1.24. The van der Waals surface area contributed by atoms with Crippen molar-refractivity contribution in [3.8, 4) is 0 Å². The minimum Gasteiger partial charge on any atom is -0.391 e. The molecule has 1 aliphatic rings. The van der Waals surface area contributed by atoms with Gasteiger partial charge in [0.05, 0.1) is 6.61 Å². The molecule has 1 aromatic rings. The zero-order valence-electron chi connectivity index (χ0n) is 11.1. The Kier molecular flexibility index (Phi) is 4.19. The number of likely N-dealkylation sites (N-methyl/N-ethyl adjacent to an activating group) is 1. The molecule has 18 heavy (non-hydrogen) atoms. The minimum atomic E-state index is -0.320. The van der Waals surface area contributed by atoms with E-state index in [0.29, 0.717) is 11.6 Å². The quantitative estimate of drug-likeness (QED) is 0.870. The highest BCUT2D eigenvalue weighted by Crippen LogP contribution is 2.26. The highest BCUT2D eigenvalue weighted by Gasteiger charge is 2.22. The van der Waals surface area contributed by atoms with Crippen LogP contribution in [-0.2, 0) is 6.61 Å². The summed E-state index contributed by atoms with van der Waals surface area (Å²) in [4.78, 5) is 4.50. The molecular formula is C14H21FN2O. The number of hydrogen-bond acceptors (Lipinski definition) is 3. The maximum absolute atomic E-state index is 13.7. The number of aliphatic hydroxyl groups is 1. The molecule has 1 atom stereocenters. The highest BCUT2D eigenvalue weighted by molar-refractivity contribution is 5.55. The summed E-state index contributed by atoms with van der Waals surface area (Å²) in [6, 6.07) is 5.34. The molecule has 0 saturated carbocycles. The Morgan fingerprint density at radius 2 is 2.17 bits per heavy atom. The van der Waals surface area contributed by atoms with Gasteiger partial charge in [0.15, 0.2) is 0 Å². The van der Waals surface area contributed by atoms with Gasteiger partial charge in [-0.1, -0.05) is 6.07 Å². The van der Waals surface area contributed by atoms with Crippen LogP contribution in [0.4, 0.5) is 10.1 Å². The summed E-state index contributed by atoms with van der Waals surface area (Å²) in [6.45, 7) is 4.82. The molecule has 0 aliphatic carbocycles. The average molecular weight is 252 g/mol. The third-order valence-electron chi connectivity index (χ3n) is 3.61. The summed E-state index contributed by atoms with van der Waals surface area (Å²) in [6.07, 6.45) is 1.06. The molecule has 0 radical (unpaired) electrons. The zero-order valence-corrected chi connectivity index (χ0v) is 11.1. The second-order valence-electron chi connectivity index (χ2n) is 5.05. The molecule has 1 saturated heterocycles. The summed E-state index contributed by atoms with van der Waals surface area (Å²) >= 11 is 0. The number of aliphatic hydroxyl groups excluding tert-OH is 1. The monoisotopic (exact) mass is 252 g/mol. The first-order chi connectivity index (χ1) is 8.63. The predicted octanol–water partition coefficient (Wildman–Crippen LogP) is 1.85. The van der Waals surface area contributed by atoms with Crippen LogP contribution in [0.25, 0.3) is 0 Å². The number of nitrogens with zero attached hydrogens (tertiary/aromatic N) is 2. The molecule has 0 bridgehead atoms. The van der Waals surface area contributed by atoms with Crippen molar-refractivity contribution in [3.05, 3.63) is 29.6 Å². The molecule has 1 heterocycles. The van der Waals surface area contributed by atoms with Crippen LogP contribution in [0, 0.1) is 5.82 Å². The fourth-order valence-corrected chi connectivity index (χ4v) is 2.70. The first kappa shape index (κ1) is 13.3. The zero-order chi connectivity index (χ0) is 13.1. The topological polar surface area (TPSA) is 26.7 Å². The van der Waals surface area contributed by atoms with Crippen LogP contribution in [0.1, 0.15) is 18.9 Å². The normalized spacial score (nSPS) is 22.0. The minimum absolute atomic E-state index is 0.249. The fraction of sp³-hybridized carbons (Fsp3) is 0.571. The Morgan fingerprint density at radius 1 is 1.39 bits per heavy atom. The van der Waals surface area contributed by atoms with Crippen molar-refractivity contribution in [2.45, 2.75) is 26.0 Å². The molecule has 0 amide bonds. The van der Waals surface area contributed by atoms with Crippen LogP contribution in [0.5, 0.6) is 0 Å². The van der Waals surface area contributed by atoms with Gasteiger partial charge in [-0.05, 0) is 39.1 Å². The van der Waals surface area contributed by atoms with E-state index in [2.05, 4.69) is 23.8 Å². The number of benzene rings is 1. The Morgan fingerprint density at radius 3 is 2.89 bits per heavy atom. The van der Waals surface area contributed by atoms with Crippen LogP contribution in [0.3, 0.4) is 0 Å². The molecular weight excluding hydrogens is 231 g/mol. The molecule has 100 valence electrons. The average Bonchev–Trinajstić information content (AvgIpc) is 2.49. The predicted molar refractivity (Wildman–Crippen MR) is 71.2 cm³/mol. The van der Waals surface area contributed by atoms with E-state index in [1.54, 1.807) is 6.07 Å². The van der Waals surface area contributed by atoms with Gasteiger partial charge in [-0.15, -0.1) is 0 Å². The van der Waals surface area contributed by atoms with Crippen molar-refractivity contribution in [1.82, 2.24) is 4.90 Å². The lowest BCUT2D eigenvalue weighted by Crippen LogP contribution is -2.38. The SMILES string of the molecule is CC1CN(C)CCCN1c1cccc(F)c1CO. The van der Waals surface area contributed by atoms with E-state index in [0.717, 1.165) is 31.7 Å². The van der Waals surface area contributed by atoms with Crippen LogP contribution in [-0.4, -0.2) is 42.7 Å². The van der Waals surface area contributed by atoms with Gasteiger partial charge in [-0.3, -0.25) is 0 Å². The van der Waals surface area contributed by atoms with Gasteiger partial charge in [-0.25, -0.2) is 4.39 Å². The molecule has 1 unspecified atom stereocenters. The van der Waals surface area contributed by atoms with E-state index in [1.165, 1.54) is 6.07 Å². The summed E-state index contributed by atoms with van der Waals surface area (Å²) < 4.78 is 13.7. The first-order valence-electron chi connectivity index (χ1n) is 6.47. The molecule has 1 fully saturated rings. The summed E-state index contributed by atoms with van der Waals surface area (Å²) in [7, 11) is 2.11. The van der Waals surface area contributed by atoms with Gasteiger partial charge in [0.2, 0.25) is 0 Å². The largest absolute Gasteiger partial charge is 0.391 e. The standard InChI is InChI=1S/C14H21FN2O/c1-11-9-16(2)7-4-8-17(11)14-6-3-5-13(15)12(14)10-18/h3,5-6,11,18H,4,7-10H2,1-2H3. The van der Waals surface area contributed by atoms with Crippen molar-refractivity contribution in [2.75, 3.05) is 31.6 Å². The molecule has 3 nitrogen and oxygen atoms in total. The molecule has 0 aromatic heterocycles. The van der Waals surface area contributed by atoms with Crippen LogP contribution >= 0.6 is 0 Å². The second-order valence-corrected chi connectivity index (χ2v) is 5.05. The maximum atomic E-state index is 13.7. The Hall–Kier alpha value is -1.13. The smallest absolute Gasteiger partial charge is 0.130 e. The van der Waals surface area contributed by atoms with Crippen molar-refractivity contribution in [1.29, 1.82) is 0 Å². The second kappa shape index (κ2) is 5.67. The Balaban J connectivity index is 2.32. The first-order valence-corrected chi connectivity index (χ1v) is 6.47. The van der Waals surface area contributed by atoms with Crippen LogP contribution in [0.15, 0.2) is 18.2 Å². The van der Waals surface area contributed by atoms with Gasteiger partial charge in [0.25, 0.3) is 0 Å². The van der Waals surface area contributed by atoms with Crippen LogP contribution < -0.4 is 4.90 Å². The van der Waals surface area contributed by atoms with E-state index >= 15 is 0 Å². The third kappa shape index (κ3) is 2.65. The lowest BCUT2D eigenvalue weighted by Gasteiger charge is -2.31. The lowest BCUT2D eigenvalue weighted by molar-refractivity contribution is 0.275. The van der Waals surface area contributed by atoms with E-state index < -0.39 is 0 Å². The van der Waals surface area contributed by atoms with Gasteiger partial charge >= 0.3 is 0 Å². The Labute approximate surface area is 108 Å². The van der Waals surface area contributed by atoms with Gasteiger partial charge < -0.3 is 14.9 Å². The van der Waals surface area contributed by atoms with Gasteiger partial charge in [0, 0.05) is 30.4 Å². The molecule has 1 aliphatic heterocycles.